The molecule has 1 aromatic carbocycles. The minimum Gasteiger partial charge on any atom is -0.502 e. The molecule has 7 nitrogen and oxygen atoms in total. The van der Waals surface area contributed by atoms with Gasteiger partial charge in [0.2, 0.25) is 0 Å². The van der Waals surface area contributed by atoms with Gasteiger partial charge < -0.3 is 14.7 Å². The van der Waals surface area contributed by atoms with Crippen molar-refractivity contribution in [2.24, 2.45) is 5.41 Å². The van der Waals surface area contributed by atoms with Gasteiger partial charge in [0.15, 0.2) is 5.75 Å². The Hall–Kier alpha value is -2.15. The second-order valence-electron chi connectivity index (χ2n) is 6.66. The summed E-state index contributed by atoms with van der Waals surface area (Å²) in [5.74, 6) is -0.718. The molecule has 2 fully saturated rings. The lowest BCUT2D eigenvalue weighted by Gasteiger charge is -2.63. The number of ether oxygens (including phenoxy) is 1. The molecule has 0 saturated heterocycles. The summed E-state index contributed by atoms with van der Waals surface area (Å²) in [7, 11) is 1.76. The van der Waals surface area contributed by atoms with Crippen molar-refractivity contribution in [3.8, 4) is 5.75 Å². The fraction of sp³-hybridized carbons (Fsp3) is 0.588. The zero-order chi connectivity index (χ0) is 17.5. The van der Waals surface area contributed by atoms with E-state index in [0.717, 1.165) is 25.7 Å². The van der Waals surface area contributed by atoms with Crippen LogP contribution in [-0.4, -0.2) is 46.6 Å². The molecule has 1 amide bonds. The molecule has 1 spiro atoms. The van der Waals surface area contributed by atoms with Crippen molar-refractivity contribution in [2.45, 2.75) is 44.8 Å². The average Bonchev–Trinajstić information content (AvgIpc) is 2.47. The van der Waals surface area contributed by atoms with E-state index in [4.69, 9.17) is 4.74 Å². The van der Waals surface area contributed by atoms with Crippen LogP contribution in [0.5, 0.6) is 5.75 Å². The van der Waals surface area contributed by atoms with Crippen molar-refractivity contribution in [1.82, 2.24) is 4.90 Å². The van der Waals surface area contributed by atoms with Crippen LogP contribution in [0.1, 0.15) is 43.0 Å². The maximum atomic E-state index is 12.7. The summed E-state index contributed by atoms with van der Waals surface area (Å²) in [5.41, 5.74) is -0.0804. The van der Waals surface area contributed by atoms with Crippen LogP contribution in [0.3, 0.4) is 0 Å². The molecule has 0 radical (unpaired) electrons. The molecule has 2 aliphatic carbocycles. The van der Waals surface area contributed by atoms with E-state index in [1.165, 1.54) is 18.2 Å². The molecule has 2 atom stereocenters. The molecular weight excluding hydrogens is 312 g/mol. The lowest BCUT2D eigenvalue weighted by molar-refractivity contribution is -0.385. The fourth-order valence-corrected chi connectivity index (χ4v) is 4.10. The summed E-state index contributed by atoms with van der Waals surface area (Å²) >= 11 is 0. The third-order valence-corrected chi connectivity index (χ3v) is 5.60. The second-order valence-corrected chi connectivity index (χ2v) is 6.66. The van der Waals surface area contributed by atoms with Crippen LogP contribution < -0.4 is 0 Å². The highest BCUT2D eigenvalue weighted by molar-refractivity contribution is 5.95. The van der Waals surface area contributed by atoms with Crippen LogP contribution in [0.15, 0.2) is 18.2 Å². The van der Waals surface area contributed by atoms with Crippen LogP contribution in [0, 0.1) is 15.5 Å². The predicted octanol–water partition coefficient (Wildman–Crippen LogP) is 2.72. The third kappa shape index (κ3) is 2.43. The standard InChI is InChI=1S/C17H22N2O5/c1-3-24-15-10-14(17(15)7-4-8-17)18(2)16(21)11-5-6-12(19(22)23)13(20)9-11/h5-6,9,14-15,20H,3-4,7-8,10H2,1-2H3/t14-,15-/m0/s1. The van der Waals surface area contributed by atoms with Crippen molar-refractivity contribution >= 4 is 11.6 Å². The predicted molar refractivity (Wildman–Crippen MR) is 87.0 cm³/mol. The van der Waals surface area contributed by atoms with Gasteiger partial charge in [-0.05, 0) is 38.3 Å². The summed E-state index contributed by atoms with van der Waals surface area (Å²) < 4.78 is 5.81. The minimum atomic E-state index is -0.671. The number of aromatic hydroxyl groups is 1. The number of phenolic OH excluding ortho intramolecular Hbond substituents is 1. The van der Waals surface area contributed by atoms with E-state index < -0.39 is 16.4 Å². The van der Waals surface area contributed by atoms with Gasteiger partial charge in [0.25, 0.3) is 5.91 Å². The number of benzene rings is 1. The van der Waals surface area contributed by atoms with Crippen LogP contribution >= 0.6 is 0 Å². The Morgan fingerprint density at radius 3 is 2.71 bits per heavy atom. The second kappa shape index (κ2) is 6.05. The summed E-state index contributed by atoms with van der Waals surface area (Å²) in [6.07, 6.45) is 4.30. The van der Waals surface area contributed by atoms with E-state index in [1.807, 2.05) is 6.92 Å². The smallest absolute Gasteiger partial charge is 0.310 e. The molecule has 1 aromatic rings. The molecule has 0 unspecified atom stereocenters. The number of phenols is 1. The monoisotopic (exact) mass is 334 g/mol. The highest BCUT2D eigenvalue weighted by Crippen LogP contribution is 2.59. The Labute approximate surface area is 140 Å². The molecular formula is C17H22N2O5. The Morgan fingerprint density at radius 2 is 2.21 bits per heavy atom. The molecule has 2 aliphatic rings. The Balaban J connectivity index is 1.76. The van der Waals surface area contributed by atoms with Gasteiger partial charge >= 0.3 is 5.69 Å². The summed E-state index contributed by atoms with van der Waals surface area (Å²) in [4.78, 5) is 24.5. The minimum absolute atomic E-state index is 0.0588. The van der Waals surface area contributed by atoms with E-state index in [9.17, 15) is 20.0 Å². The van der Waals surface area contributed by atoms with Gasteiger partial charge in [-0.25, -0.2) is 0 Å². The van der Waals surface area contributed by atoms with E-state index in [0.29, 0.717) is 6.61 Å². The summed E-state index contributed by atoms with van der Waals surface area (Å²) in [5, 5.41) is 20.5. The fourth-order valence-electron chi connectivity index (χ4n) is 4.10. The van der Waals surface area contributed by atoms with Gasteiger partial charge in [0, 0.05) is 36.7 Å². The number of nitro groups is 1. The first kappa shape index (κ1) is 16.7. The van der Waals surface area contributed by atoms with Crippen molar-refractivity contribution < 1.29 is 19.6 Å². The maximum Gasteiger partial charge on any atom is 0.310 e. The average molecular weight is 334 g/mol. The first-order chi connectivity index (χ1) is 11.4. The van der Waals surface area contributed by atoms with Crippen LogP contribution in [0.4, 0.5) is 5.69 Å². The van der Waals surface area contributed by atoms with Crippen molar-refractivity contribution in [3.05, 3.63) is 33.9 Å². The number of nitrogens with zero attached hydrogens (tertiary/aromatic N) is 2. The number of rotatable bonds is 5. The number of hydrogen-bond acceptors (Lipinski definition) is 5. The number of amides is 1. The molecule has 24 heavy (non-hydrogen) atoms. The zero-order valence-electron chi connectivity index (χ0n) is 13.9. The summed E-state index contributed by atoms with van der Waals surface area (Å²) in [6, 6.07) is 3.85. The molecule has 7 heteroatoms. The molecule has 130 valence electrons. The molecule has 0 heterocycles. The third-order valence-electron chi connectivity index (χ3n) is 5.60. The molecule has 3 rings (SSSR count). The highest BCUT2D eigenvalue weighted by atomic mass is 16.6. The van der Waals surface area contributed by atoms with Gasteiger partial charge in [0.05, 0.1) is 11.0 Å². The molecule has 0 aliphatic heterocycles. The lowest BCUT2D eigenvalue weighted by atomic mass is 9.50. The number of nitro benzene ring substituents is 1. The SMILES string of the molecule is CCO[C@H]1C[C@H](N(C)C(=O)c2ccc([N+](=O)[O-])c(O)c2)C12CCC2. The van der Waals surface area contributed by atoms with Crippen molar-refractivity contribution in [2.75, 3.05) is 13.7 Å². The van der Waals surface area contributed by atoms with Crippen LogP contribution in [0.25, 0.3) is 0 Å². The van der Waals surface area contributed by atoms with Gasteiger partial charge in [-0.15, -0.1) is 0 Å². The van der Waals surface area contributed by atoms with Crippen molar-refractivity contribution in [1.29, 1.82) is 0 Å². The molecule has 1 N–H and O–H groups in total. The normalized spacial score (nSPS) is 24.1. The first-order valence-corrected chi connectivity index (χ1v) is 8.27. The van der Waals surface area contributed by atoms with E-state index in [1.54, 1.807) is 11.9 Å². The van der Waals surface area contributed by atoms with Crippen LogP contribution in [-0.2, 0) is 4.74 Å². The van der Waals surface area contributed by atoms with Crippen molar-refractivity contribution in [3.63, 3.8) is 0 Å². The summed E-state index contributed by atoms with van der Waals surface area (Å²) in [6.45, 7) is 2.65. The maximum absolute atomic E-state index is 12.7. The topological polar surface area (TPSA) is 92.9 Å². The lowest BCUT2D eigenvalue weighted by Crippen LogP contribution is -2.67. The molecule has 2 saturated carbocycles. The Kier molecular flexibility index (Phi) is 4.21. The first-order valence-electron chi connectivity index (χ1n) is 8.27. The molecule has 0 bridgehead atoms. The van der Waals surface area contributed by atoms with Gasteiger partial charge in [-0.1, -0.05) is 6.42 Å². The Bertz CT molecular complexity index is 671. The van der Waals surface area contributed by atoms with E-state index in [2.05, 4.69) is 0 Å². The van der Waals surface area contributed by atoms with Gasteiger partial charge in [-0.3, -0.25) is 14.9 Å². The largest absolute Gasteiger partial charge is 0.502 e. The van der Waals surface area contributed by atoms with Gasteiger partial charge in [-0.2, -0.15) is 0 Å². The quantitative estimate of drug-likeness (QED) is 0.660. The van der Waals surface area contributed by atoms with E-state index >= 15 is 0 Å². The Morgan fingerprint density at radius 1 is 1.50 bits per heavy atom. The number of carbonyl (C=O) groups excluding carboxylic acids is 1. The molecule has 0 aromatic heterocycles. The highest BCUT2D eigenvalue weighted by Gasteiger charge is 2.60. The van der Waals surface area contributed by atoms with Gasteiger partial charge in [0.1, 0.15) is 0 Å². The number of carbonyl (C=O) groups is 1. The zero-order valence-corrected chi connectivity index (χ0v) is 13.9. The number of hydrogen-bond donors (Lipinski definition) is 1. The van der Waals surface area contributed by atoms with E-state index in [-0.39, 0.29) is 29.0 Å². The van der Waals surface area contributed by atoms with Crippen LogP contribution in [0.2, 0.25) is 0 Å².